The van der Waals surface area contributed by atoms with Crippen molar-refractivity contribution in [1.29, 1.82) is 0 Å². The van der Waals surface area contributed by atoms with Crippen LogP contribution in [-0.4, -0.2) is 12.6 Å². The van der Waals surface area contributed by atoms with Gasteiger partial charge in [-0.15, -0.1) is 0 Å². The molecule has 2 aliphatic carbocycles. The summed E-state index contributed by atoms with van der Waals surface area (Å²) >= 11 is 0. The summed E-state index contributed by atoms with van der Waals surface area (Å²) in [6, 6.07) is 17.2. The lowest BCUT2D eigenvalue weighted by Gasteiger charge is -2.39. The van der Waals surface area contributed by atoms with Gasteiger partial charge in [0.25, 0.3) is 0 Å². The van der Waals surface area contributed by atoms with Gasteiger partial charge in [0.05, 0.1) is 5.92 Å². The molecule has 0 N–H and O–H groups in total. The highest BCUT2D eigenvalue weighted by molar-refractivity contribution is 5.79. The van der Waals surface area contributed by atoms with Crippen molar-refractivity contribution in [2.45, 2.75) is 90.9 Å². The highest BCUT2D eigenvalue weighted by Crippen LogP contribution is 2.46. The van der Waals surface area contributed by atoms with Gasteiger partial charge in [0, 0.05) is 5.92 Å². The zero-order valence-electron chi connectivity index (χ0n) is 23.9. The lowest BCUT2D eigenvalue weighted by Crippen LogP contribution is -2.36. The molecular formula is C36H48O2. The van der Waals surface area contributed by atoms with E-state index in [0.717, 1.165) is 25.7 Å². The van der Waals surface area contributed by atoms with Gasteiger partial charge in [0.2, 0.25) is 0 Å². The first-order valence-corrected chi connectivity index (χ1v) is 15.2. The van der Waals surface area contributed by atoms with Crippen LogP contribution in [0.1, 0.15) is 102 Å². The quantitative estimate of drug-likeness (QED) is 0.152. The molecular weight excluding hydrogens is 464 g/mol. The molecule has 0 amide bonds. The third kappa shape index (κ3) is 6.87. The largest absolute Gasteiger partial charge is 0.464 e. The van der Waals surface area contributed by atoms with Crippen molar-refractivity contribution < 1.29 is 9.53 Å². The van der Waals surface area contributed by atoms with Gasteiger partial charge in [-0.25, -0.2) is 0 Å². The van der Waals surface area contributed by atoms with Crippen molar-refractivity contribution in [3.63, 3.8) is 0 Å². The summed E-state index contributed by atoms with van der Waals surface area (Å²) in [5.41, 5.74) is 5.14. The molecule has 0 saturated heterocycles. The maximum atomic E-state index is 13.9. The predicted molar refractivity (Wildman–Crippen MR) is 160 cm³/mol. The molecule has 2 nitrogen and oxygen atoms in total. The van der Waals surface area contributed by atoms with Gasteiger partial charge in [0.15, 0.2) is 0 Å². The summed E-state index contributed by atoms with van der Waals surface area (Å²) in [7, 11) is 0. The lowest BCUT2D eigenvalue weighted by atomic mass is 9.66. The molecule has 4 unspecified atom stereocenters. The third-order valence-corrected chi connectivity index (χ3v) is 9.17. The molecule has 0 heterocycles. The first-order valence-electron chi connectivity index (χ1n) is 15.2. The average molecular weight is 513 g/mol. The van der Waals surface area contributed by atoms with Crippen LogP contribution < -0.4 is 0 Å². The molecule has 1 fully saturated rings. The van der Waals surface area contributed by atoms with E-state index in [-0.39, 0.29) is 17.8 Å². The smallest absolute Gasteiger partial charge is 0.309 e. The Bertz CT molecular complexity index is 1030. The van der Waals surface area contributed by atoms with Gasteiger partial charge < -0.3 is 4.74 Å². The van der Waals surface area contributed by atoms with Crippen molar-refractivity contribution in [1.82, 2.24) is 0 Å². The van der Waals surface area contributed by atoms with Crippen LogP contribution in [0.25, 0.3) is 11.1 Å². The number of hydrogen-bond acceptors (Lipinski definition) is 2. The number of benzene rings is 2. The molecule has 204 valence electrons. The average Bonchev–Trinajstić information content (AvgIpc) is 3.27. The fourth-order valence-electron chi connectivity index (χ4n) is 7.17. The lowest BCUT2D eigenvalue weighted by molar-refractivity contribution is -0.153. The summed E-state index contributed by atoms with van der Waals surface area (Å²) in [4.78, 5) is 13.9. The number of hydrogen-bond donors (Lipinski definition) is 0. The van der Waals surface area contributed by atoms with Crippen LogP contribution in [-0.2, 0) is 9.53 Å². The van der Waals surface area contributed by atoms with Crippen LogP contribution in [0.3, 0.4) is 0 Å². The fourth-order valence-corrected chi connectivity index (χ4v) is 7.17. The molecule has 1 saturated carbocycles. The molecule has 38 heavy (non-hydrogen) atoms. The molecule has 0 aliphatic heterocycles. The number of allylic oxidation sites excluding steroid dienone is 4. The topological polar surface area (TPSA) is 26.3 Å². The Hall–Kier alpha value is -2.61. The molecule has 2 aromatic carbocycles. The summed E-state index contributed by atoms with van der Waals surface area (Å²) in [6.07, 6.45) is 20.5. The van der Waals surface area contributed by atoms with Crippen LogP contribution in [0.15, 0.2) is 72.8 Å². The molecule has 0 bridgehead atoms. The monoisotopic (exact) mass is 512 g/mol. The Balaban J connectivity index is 1.48. The SMILES string of the molecule is CC=CCCCC(C)C1CCCCC1C(CCCC=CC)C(=O)OCC1c2ccccc2-c2ccccc21. The van der Waals surface area contributed by atoms with Crippen LogP contribution in [0, 0.1) is 23.7 Å². The first kappa shape index (κ1) is 28.4. The van der Waals surface area contributed by atoms with Crippen LogP contribution in [0.4, 0.5) is 0 Å². The van der Waals surface area contributed by atoms with Gasteiger partial charge >= 0.3 is 5.97 Å². The summed E-state index contributed by atoms with van der Waals surface area (Å²) in [6.45, 7) is 7.06. The van der Waals surface area contributed by atoms with E-state index in [2.05, 4.69) is 93.6 Å². The highest BCUT2D eigenvalue weighted by Gasteiger charge is 2.39. The van der Waals surface area contributed by atoms with Crippen molar-refractivity contribution in [2.24, 2.45) is 23.7 Å². The number of unbranched alkanes of at least 4 members (excludes halogenated alkanes) is 2. The van der Waals surface area contributed by atoms with E-state index in [4.69, 9.17) is 4.74 Å². The summed E-state index contributed by atoms with van der Waals surface area (Å²) in [5.74, 6) is 1.91. The second kappa shape index (κ2) is 14.5. The number of ether oxygens (including phenoxy) is 1. The summed E-state index contributed by atoms with van der Waals surface area (Å²) < 4.78 is 6.29. The minimum atomic E-state index is 0.00966. The normalized spacial score (nSPS) is 20.9. The first-order chi connectivity index (χ1) is 18.7. The second-order valence-electron chi connectivity index (χ2n) is 11.6. The molecule has 4 rings (SSSR count). The van der Waals surface area contributed by atoms with Crippen molar-refractivity contribution >= 4 is 5.97 Å². The maximum Gasteiger partial charge on any atom is 0.309 e. The van der Waals surface area contributed by atoms with Crippen LogP contribution >= 0.6 is 0 Å². The van der Waals surface area contributed by atoms with E-state index in [1.54, 1.807) is 0 Å². The van der Waals surface area contributed by atoms with Crippen molar-refractivity contribution in [3.8, 4) is 11.1 Å². The molecule has 4 atom stereocenters. The molecule has 2 heteroatoms. The zero-order valence-corrected chi connectivity index (χ0v) is 23.9. The number of carbonyl (C=O) groups is 1. The Morgan fingerprint density at radius 1 is 0.842 bits per heavy atom. The fraction of sp³-hybridized carbons (Fsp3) is 0.528. The minimum Gasteiger partial charge on any atom is -0.464 e. The third-order valence-electron chi connectivity index (χ3n) is 9.17. The second-order valence-corrected chi connectivity index (χ2v) is 11.6. The van der Waals surface area contributed by atoms with Gasteiger partial charge in [-0.3, -0.25) is 4.79 Å². The molecule has 0 radical (unpaired) electrons. The summed E-state index contributed by atoms with van der Waals surface area (Å²) in [5, 5.41) is 0. The number of rotatable bonds is 13. The highest BCUT2D eigenvalue weighted by atomic mass is 16.5. The van der Waals surface area contributed by atoms with Gasteiger partial charge in [0.1, 0.15) is 6.61 Å². The standard InChI is InChI=1S/C36H48O2/c1-4-6-8-10-18-27(3)28-19-12-13-20-29(28)34(25-11-9-7-5-2)36(37)38-26-35-32-23-16-14-21-30(32)31-22-15-17-24-33(31)35/h4-7,14-17,21-24,27-29,34-35H,8-13,18-20,25-26H2,1-3H3. The van der Waals surface area contributed by atoms with Gasteiger partial charge in [-0.1, -0.05) is 99.0 Å². The maximum absolute atomic E-state index is 13.9. The van der Waals surface area contributed by atoms with E-state index >= 15 is 0 Å². The number of carbonyl (C=O) groups excluding carboxylic acids is 1. The Morgan fingerprint density at radius 2 is 1.39 bits per heavy atom. The Kier molecular flexibility index (Phi) is 10.9. The van der Waals surface area contributed by atoms with Crippen molar-refractivity contribution in [2.75, 3.05) is 6.61 Å². The molecule has 0 aromatic heterocycles. The predicted octanol–water partition coefficient (Wildman–Crippen LogP) is 9.89. The van der Waals surface area contributed by atoms with E-state index in [1.807, 2.05) is 0 Å². The van der Waals surface area contributed by atoms with Crippen LogP contribution in [0.5, 0.6) is 0 Å². The Labute approximate surface area is 231 Å². The van der Waals surface area contributed by atoms with Crippen molar-refractivity contribution in [3.05, 3.63) is 84.0 Å². The van der Waals surface area contributed by atoms with E-state index in [1.165, 1.54) is 60.8 Å². The number of fused-ring (bicyclic) bond motifs is 3. The molecule has 0 spiro atoms. The van der Waals surface area contributed by atoms with E-state index < -0.39 is 0 Å². The molecule has 2 aliphatic rings. The van der Waals surface area contributed by atoms with Gasteiger partial charge in [-0.05, 0) is 98.8 Å². The Morgan fingerprint density at radius 3 is 2.00 bits per heavy atom. The minimum absolute atomic E-state index is 0.00966. The number of esters is 1. The van der Waals surface area contributed by atoms with Gasteiger partial charge in [-0.2, -0.15) is 0 Å². The zero-order chi connectivity index (χ0) is 26.7. The van der Waals surface area contributed by atoms with E-state index in [9.17, 15) is 4.79 Å². The molecule has 2 aromatic rings. The van der Waals surface area contributed by atoms with Crippen LogP contribution in [0.2, 0.25) is 0 Å². The van der Waals surface area contributed by atoms with E-state index in [0.29, 0.717) is 24.4 Å².